The van der Waals surface area contributed by atoms with E-state index in [1.807, 2.05) is 12.1 Å². The molecule has 0 aromatic heterocycles. The van der Waals surface area contributed by atoms with Crippen molar-refractivity contribution in [3.63, 3.8) is 0 Å². The van der Waals surface area contributed by atoms with Crippen molar-refractivity contribution in [1.29, 1.82) is 0 Å². The number of esters is 1. The Morgan fingerprint density at radius 3 is 2.71 bits per heavy atom. The molecule has 1 aliphatic carbocycles. The predicted molar refractivity (Wildman–Crippen MR) is 62.5 cm³/mol. The third-order valence-electron chi connectivity index (χ3n) is 3.02. The van der Waals surface area contributed by atoms with Crippen LogP contribution < -0.4 is 5.73 Å². The van der Waals surface area contributed by atoms with Crippen molar-refractivity contribution in [2.75, 3.05) is 0 Å². The van der Waals surface area contributed by atoms with Gasteiger partial charge in [0.2, 0.25) is 0 Å². The summed E-state index contributed by atoms with van der Waals surface area (Å²) in [6.07, 6.45) is 2.31. The highest BCUT2D eigenvalue weighted by molar-refractivity contribution is 5.92. The maximum Gasteiger partial charge on any atom is 0.338 e. The Hall–Kier alpha value is -1.84. The van der Waals surface area contributed by atoms with Crippen molar-refractivity contribution in [2.24, 2.45) is 5.73 Å². The van der Waals surface area contributed by atoms with Gasteiger partial charge in [0.1, 0.15) is 0 Å². The second-order valence-corrected chi connectivity index (χ2v) is 4.29. The minimum Gasteiger partial charge on any atom is -0.449 e. The van der Waals surface area contributed by atoms with Gasteiger partial charge in [-0.25, -0.2) is 4.79 Å². The summed E-state index contributed by atoms with van der Waals surface area (Å²) in [6, 6.07) is 5.53. The van der Waals surface area contributed by atoms with Gasteiger partial charge >= 0.3 is 5.97 Å². The summed E-state index contributed by atoms with van der Waals surface area (Å²) in [4.78, 5) is 22.5. The average Bonchev–Trinajstić information content (AvgIpc) is 2.75. The fraction of sp³-hybridized carbons (Fsp3) is 0.385. The Morgan fingerprint density at radius 1 is 1.29 bits per heavy atom. The number of aryl methyl sites for hydroxylation is 2. The largest absolute Gasteiger partial charge is 0.449 e. The third-order valence-corrected chi connectivity index (χ3v) is 3.02. The van der Waals surface area contributed by atoms with E-state index in [-0.39, 0.29) is 0 Å². The van der Waals surface area contributed by atoms with E-state index in [4.69, 9.17) is 10.5 Å². The van der Waals surface area contributed by atoms with Crippen LogP contribution in [0.4, 0.5) is 0 Å². The summed E-state index contributed by atoms with van der Waals surface area (Å²) in [7, 11) is 0. The molecule has 0 radical (unpaired) electrons. The number of nitrogens with two attached hydrogens (primary N) is 1. The van der Waals surface area contributed by atoms with E-state index < -0.39 is 18.0 Å². The summed E-state index contributed by atoms with van der Waals surface area (Å²) in [5.74, 6) is -1.13. The van der Waals surface area contributed by atoms with Crippen LogP contribution in [0.1, 0.15) is 34.8 Å². The van der Waals surface area contributed by atoms with Gasteiger partial charge in [0.15, 0.2) is 6.10 Å². The number of rotatable bonds is 3. The first-order valence-corrected chi connectivity index (χ1v) is 5.70. The Balaban J connectivity index is 2.12. The topological polar surface area (TPSA) is 69.4 Å². The van der Waals surface area contributed by atoms with Gasteiger partial charge in [0.05, 0.1) is 5.56 Å². The van der Waals surface area contributed by atoms with E-state index in [0.717, 1.165) is 19.3 Å². The summed E-state index contributed by atoms with van der Waals surface area (Å²) in [6.45, 7) is 1.47. The molecule has 17 heavy (non-hydrogen) atoms. The lowest BCUT2D eigenvalue weighted by molar-refractivity contribution is -0.125. The third kappa shape index (κ3) is 2.46. The maximum atomic E-state index is 11.7. The predicted octanol–water partition coefficient (Wildman–Crippen LogP) is 1.21. The van der Waals surface area contributed by atoms with Gasteiger partial charge in [0, 0.05) is 0 Å². The van der Waals surface area contributed by atoms with E-state index >= 15 is 0 Å². The van der Waals surface area contributed by atoms with E-state index in [1.54, 1.807) is 6.07 Å². The highest BCUT2D eigenvalue weighted by atomic mass is 16.5. The van der Waals surface area contributed by atoms with Gasteiger partial charge < -0.3 is 10.5 Å². The number of fused-ring (bicyclic) bond motifs is 1. The maximum absolute atomic E-state index is 11.7. The van der Waals surface area contributed by atoms with Crippen LogP contribution in [-0.4, -0.2) is 18.0 Å². The number of hydrogen-bond acceptors (Lipinski definition) is 3. The Labute approximate surface area is 99.8 Å². The molecule has 1 atom stereocenters. The second-order valence-electron chi connectivity index (χ2n) is 4.29. The molecule has 0 aliphatic heterocycles. The first kappa shape index (κ1) is 11.6. The van der Waals surface area contributed by atoms with Crippen molar-refractivity contribution in [3.8, 4) is 0 Å². The molecule has 2 rings (SSSR count). The van der Waals surface area contributed by atoms with Crippen LogP contribution in [0.5, 0.6) is 0 Å². The Kier molecular flexibility index (Phi) is 3.13. The highest BCUT2D eigenvalue weighted by Gasteiger charge is 2.18. The average molecular weight is 233 g/mol. The molecule has 1 aliphatic rings. The number of amides is 1. The van der Waals surface area contributed by atoms with Crippen LogP contribution in [0.25, 0.3) is 0 Å². The van der Waals surface area contributed by atoms with Gasteiger partial charge in [-0.1, -0.05) is 6.07 Å². The monoisotopic (exact) mass is 233 g/mol. The molecule has 0 heterocycles. The van der Waals surface area contributed by atoms with Crippen LogP contribution in [0, 0.1) is 0 Å². The molecule has 0 saturated carbocycles. The minimum atomic E-state index is -0.893. The first-order valence-electron chi connectivity index (χ1n) is 5.70. The molecule has 0 spiro atoms. The summed E-state index contributed by atoms with van der Waals surface area (Å²) in [5, 5.41) is 0. The van der Waals surface area contributed by atoms with Gasteiger partial charge in [0.25, 0.3) is 5.91 Å². The minimum absolute atomic E-state index is 0.485. The van der Waals surface area contributed by atoms with Crippen molar-refractivity contribution in [1.82, 2.24) is 0 Å². The van der Waals surface area contributed by atoms with Crippen LogP contribution in [0.3, 0.4) is 0 Å². The standard InChI is InChI=1S/C13H15NO3/c1-8(12(14)15)17-13(16)11-6-5-9-3-2-4-10(9)7-11/h5-8H,2-4H2,1H3,(H2,14,15)/t8-/m1/s1. The van der Waals surface area contributed by atoms with Gasteiger partial charge in [-0.05, 0) is 49.4 Å². The Bertz CT molecular complexity index is 468. The van der Waals surface area contributed by atoms with Crippen molar-refractivity contribution < 1.29 is 14.3 Å². The number of primary amides is 1. The summed E-state index contributed by atoms with van der Waals surface area (Å²) in [5.41, 5.74) is 8.02. The van der Waals surface area contributed by atoms with Crippen molar-refractivity contribution in [3.05, 3.63) is 34.9 Å². The first-order chi connectivity index (χ1) is 8.08. The quantitative estimate of drug-likeness (QED) is 0.798. The van der Waals surface area contributed by atoms with E-state index in [0.29, 0.717) is 5.56 Å². The number of carbonyl (C=O) groups is 2. The smallest absolute Gasteiger partial charge is 0.338 e. The van der Waals surface area contributed by atoms with Crippen molar-refractivity contribution in [2.45, 2.75) is 32.3 Å². The normalized spacial score (nSPS) is 15.1. The lowest BCUT2D eigenvalue weighted by Crippen LogP contribution is -2.30. The zero-order valence-electron chi connectivity index (χ0n) is 9.73. The summed E-state index contributed by atoms with van der Waals surface area (Å²) < 4.78 is 4.94. The van der Waals surface area contributed by atoms with E-state index in [2.05, 4.69) is 0 Å². The number of benzene rings is 1. The molecule has 1 aromatic rings. The molecular formula is C13H15NO3. The SMILES string of the molecule is C[C@@H](OC(=O)c1ccc2c(c1)CCC2)C(N)=O. The zero-order valence-corrected chi connectivity index (χ0v) is 9.73. The molecule has 1 amide bonds. The fourth-order valence-electron chi connectivity index (χ4n) is 1.99. The molecule has 4 heteroatoms. The molecule has 2 N–H and O–H groups in total. The number of hydrogen-bond donors (Lipinski definition) is 1. The zero-order chi connectivity index (χ0) is 12.4. The fourth-order valence-corrected chi connectivity index (χ4v) is 1.99. The molecule has 4 nitrogen and oxygen atoms in total. The van der Waals surface area contributed by atoms with Gasteiger partial charge in [-0.15, -0.1) is 0 Å². The molecule has 0 unspecified atom stereocenters. The number of carbonyl (C=O) groups excluding carboxylic acids is 2. The molecule has 1 aromatic carbocycles. The molecular weight excluding hydrogens is 218 g/mol. The summed E-state index contributed by atoms with van der Waals surface area (Å²) >= 11 is 0. The molecule has 0 saturated heterocycles. The van der Waals surface area contributed by atoms with E-state index in [1.165, 1.54) is 18.1 Å². The lowest BCUT2D eigenvalue weighted by atomic mass is 10.1. The van der Waals surface area contributed by atoms with Crippen LogP contribution in [0.2, 0.25) is 0 Å². The van der Waals surface area contributed by atoms with Crippen LogP contribution >= 0.6 is 0 Å². The van der Waals surface area contributed by atoms with Crippen molar-refractivity contribution >= 4 is 11.9 Å². The van der Waals surface area contributed by atoms with Gasteiger partial charge in [-0.3, -0.25) is 4.79 Å². The van der Waals surface area contributed by atoms with Crippen LogP contribution in [0.15, 0.2) is 18.2 Å². The van der Waals surface area contributed by atoms with E-state index in [9.17, 15) is 9.59 Å². The molecule has 0 fully saturated rings. The lowest BCUT2D eigenvalue weighted by Gasteiger charge is -2.10. The highest BCUT2D eigenvalue weighted by Crippen LogP contribution is 2.23. The Morgan fingerprint density at radius 2 is 2.00 bits per heavy atom. The van der Waals surface area contributed by atoms with Gasteiger partial charge in [-0.2, -0.15) is 0 Å². The molecule has 0 bridgehead atoms. The van der Waals surface area contributed by atoms with Crippen LogP contribution in [-0.2, 0) is 22.4 Å². The molecule has 90 valence electrons. The second kappa shape index (κ2) is 4.57. The number of ether oxygens (including phenoxy) is 1.